The lowest BCUT2D eigenvalue weighted by atomic mass is 10.2. The van der Waals surface area contributed by atoms with E-state index in [1.165, 1.54) is 16.6 Å². The number of rotatable bonds is 6. The molecule has 114 valence electrons. The molecule has 0 atom stereocenters. The topological polar surface area (TPSA) is 62.5 Å². The number of aryl methyl sites for hydroxylation is 1. The predicted octanol–water partition coefficient (Wildman–Crippen LogP) is 1.38. The summed E-state index contributed by atoms with van der Waals surface area (Å²) in [6.07, 6.45) is 2.19. The van der Waals surface area contributed by atoms with Crippen LogP contribution in [0, 0.1) is 0 Å². The Morgan fingerprint density at radius 2 is 1.90 bits per heavy atom. The number of nitrogens with zero attached hydrogens (tertiary/aromatic N) is 2. The van der Waals surface area contributed by atoms with E-state index in [1.54, 1.807) is 18.7 Å². The van der Waals surface area contributed by atoms with Crippen molar-refractivity contribution in [2.75, 3.05) is 13.6 Å². The summed E-state index contributed by atoms with van der Waals surface area (Å²) < 4.78 is 27.9. The molecule has 1 N–H and O–H groups in total. The van der Waals surface area contributed by atoms with Gasteiger partial charge in [0.15, 0.2) is 0 Å². The van der Waals surface area contributed by atoms with Gasteiger partial charge in [0.1, 0.15) is 4.90 Å². The van der Waals surface area contributed by atoms with E-state index in [4.69, 9.17) is 5.11 Å². The van der Waals surface area contributed by atoms with E-state index in [-0.39, 0.29) is 11.5 Å². The van der Waals surface area contributed by atoms with E-state index in [0.29, 0.717) is 18.7 Å². The molecule has 0 unspecified atom stereocenters. The highest BCUT2D eigenvalue weighted by Crippen LogP contribution is 2.18. The fraction of sp³-hybridized carbons (Fsp3) is 0.333. The quantitative estimate of drug-likeness (QED) is 0.877. The minimum absolute atomic E-state index is 0.181. The fourth-order valence-electron chi connectivity index (χ4n) is 2.11. The van der Waals surface area contributed by atoms with Gasteiger partial charge >= 0.3 is 0 Å². The molecule has 0 aliphatic rings. The Hall–Kier alpha value is -1.63. The van der Waals surface area contributed by atoms with E-state index in [0.717, 1.165) is 5.56 Å². The second kappa shape index (κ2) is 6.43. The number of hydrogen-bond acceptors (Lipinski definition) is 3. The third-order valence-corrected chi connectivity index (χ3v) is 5.33. The molecule has 21 heavy (non-hydrogen) atoms. The van der Waals surface area contributed by atoms with Gasteiger partial charge in [-0.05, 0) is 18.1 Å². The molecule has 0 saturated carbocycles. The molecule has 0 aliphatic heterocycles. The summed E-state index contributed by atoms with van der Waals surface area (Å²) in [5.74, 6) is 0. The molecule has 0 spiro atoms. The van der Waals surface area contributed by atoms with Gasteiger partial charge in [0.2, 0.25) is 10.0 Å². The summed E-state index contributed by atoms with van der Waals surface area (Å²) in [5.41, 5.74) is 1.67. The molecular weight excluding hydrogens is 288 g/mol. The molecule has 5 nitrogen and oxygen atoms in total. The molecule has 1 heterocycles. The molecule has 0 amide bonds. The number of hydrogen-bond donors (Lipinski definition) is 1. The van der Waals surface area contributed by atoms with Gasteiger partial charge in [0, 0.05) is 32.5 Å². The average molecular weight is 308 g/mol. The number of aliphatic hydroxyl groups excluding tert-OH is 1. The van der Waals surface area contributed by atoms with Crippen LogP contribution in [0.25, 0.3) is 0 Å². The van der Waals surface area contributed by atoms with Crippen molar-refractivity contribution >= 4 is 10.0 Å². The lowest BCUT2D eigenvalue weighted by Gasteiger charge is -2.16. The van der Waals surface area contributed by atoms with Crippen molar-refractivity contribution < 1.29 is 13.5 Å². The first-order chi connectivity index (χ1) is 9.95. The van der Waals surface area contributed by atoms with Crippen LogP contribution < -0.4 is 0 Å². The highest BCUT2D eigenvalue weighted by atomic mass is 32.2. The normalized spacial score (nSPS) is 12.0. The van der Waals surface area contributed by atoms with Gasteiger partial charge in [-0.3, -0.25) is 0 Å². The molecule has 0 radical (unpaired) electrons. The number of sulfonamides is 1. The summed E-state index contributed by atoms with van der Waals surface area (Å²) in [7, 11) is -0.229. The summed E-state index contributed by atoms with van der Waals surface area (Å²) in [6, 6.07) is 11.3. The third kappa shape index (κ3) is 3.53. The molecular formula is C15H20N2O3S. The molecule has 2 rings (SSSR count). The minimum atomic E-state index is -3.52. The van der Waals surface area contributed by atoms with Gasteiger partial charge in [0.05, 0.1) is 6.61 Å². The Labute approximate surface area is 125 Å². The van der Waals surface area contributed by atoms with Crippen LogP contribution in [0.3, 0.4) is 0 Å². The zero-order valence-corrected chi connectivity index (χ0v) is 13.0. The minimum Gasteiger partial charge on any atom is -0.390 e. The van der Waals surface area contributed by atoms with Crippen molar-refractivity contribution in [3.8, 4) is 0 Å². The molecule has 0 bridgehead atoms. The van der Waals surface area contributed by atoms with Crippen molar-refractivity contribution in [1.82, 2.24) is 8.87 Å². The van der Waals surface area contributed by atoms with Crippen LogP contribution in [-0.2, 0) is 30.1 Å². The van der Waals surface area contributed by atoms with Gasteiger partial charge in [-0.2, -0.15) is 0 Å². The summed E-state index contributed by atoms with van der Waals surface area (Å²) in [6.45, 7) is 0.232. The van der Waals surface area contributed by atoms with E-state index in [1.807, 2.05) is 30.3 Å². The Morgan fingerprint density at radius 1 is 1.24 bits per heavy atom. The van der Waals surface area contributed by atoms with Crippen LogP contribution in [0.4, 0.5) is 0 Å². The van der Waals surface area contributed by atoms with Crippen molar-refractivity contribution in [3.63, 3.8) is 0 Å². The summed E-state index contributed by atoms with van der Waals surface area (Å²) in [5, 5.41) is 9.16. The van der Waals surface area contributed by atoms with Gasteiger partial charge in [-0.1, -0.05) is 30.3 Å². The average Bonchev–Trinajstić information content (AvgIpc) is 2.87. The Bertz CT molecular complexity index is 693. The number of likely N-dealkylation sites (N-methyl/N-ethyl adjacent to an activating group) is 1. The number of aromatic nitrogens is 1. The first-order valence-corrected chi connectivity index (χ1v) is 8.15. The lowest BCUT2D eigenvalue weighted by Crippen LogP contribution is -2.28. The van der Waals surface area contributed by atoms with Gasteiger partial charge in [0.25, 0.3) is 0 Å². The number of aliphatic hydroxyl groups is 1. The maximum Gasteiger partial charge on any atom is 0.244 e. The highest BCUT2D eigenvalue weighted by Gasteiger charge is 2.22. The predicted molar refractivity (Wildman–Crippen MR) is 81.3 cm³/mol. The Balaban J connectivity index is 2.11. The second-order valence-corrected chi connectivity index (χ2v) is 7.04. The molecule has 1 aromatic heterocycles. The fourth-order valence-corrected chi connectivity index (χ4v) is 3.37. The van der Waals surface area contributed by atoms with Crippen molar-refractivity contribution in [3.05, 3.63) is 53.9 Å². The summed E-state index contributed by atoms with van der Waals surface area (Å²) >= 11 is 0. The third-order valence-electron chi connectivity index (χ3n) is 3.51. The summed E-state index contributed by atoms with van der Waals surface area (Å²) in [4.78, 5) is 0.213. The SMILES string of the molecule is CN(CCc1ccccc1)S(=O)(=O)c1cc(CO)n(C)c1. The van der Waals surface area contributed by atoms with Gasteiger partial charge in [-0.15, -0.1) is 0 Å². The maximum atomic E-state index is 12.5. The number of benzene rings is 1. The van der Waals surface area contributed by atoms with E-state index in [9.17, 15) is 8.42 Å². The smallest absolute Gasteiger partial charge is 0.244 e. The molecule has 0 fully saturated rings. The lowest BCUT2D eigenvalue weighted by molar-refractivity contribution is 0.272. The maximum absolute atomic E-state index is 12.5. The van der Waals surface area contributed by atoms with Crippen LogP contribution in [-0.4, -0.2) is 36.0 Å². The monoisotopic (exact) mass is 308 g/mol. The standard InChI is InChI=1S/C15H20N2O3S/c1-16-11-15(10-14(16)12-18)21(19,20)17(2)9-8-13-6-4-3-5-7-13/h3-7,10-11,18H,8-9,12H2,1-2H3. The Kier molecular flexibility index (Phi) is 4.82. The molecule has 2 aromatic rings. The van der Waals surface area contributed by atoms with E-state index >= 15 is 0 Å². The van der Waals surface area contributed by atoms with Crippen LogP contribution in [0.2, 0.25) is 0 Å². The van der Waals surface area contributed by atoms with E-state index in [2.05, 4.69) is 0 Å². The van der Waals surface area contributed by atoms with Gasteiger partial charge < -0.3 is 9.67 Å². The zero-order chi connectivity index (χ0) is 15.5. The van der Waals surface area contributed by atoms with Crippen molar-refractivity contribution in [2.24, 2.45) is 7.05 Å². The highest BCUT2D eigenvalue weighted by molar-refractivity contribution is 7.89. The van der Waals surface area contributed by atoms with Gasteiger partial charge in [-0.25, -0.2) is 12.7 Å². The molecule has 0 aliphatic carbocycles. The van der Waals surface area contributed by atoms with Crippen molar-refractivity contribution in [2.45, 2.75) is 17.9 Å². The first-order valence-electron chi connectivity index (χ1n) is 6.71. The van der Waals surface area contributed by atoms with E-state index < -0.39 is 10.0 Å². The molecule has 1 aromatic carbocycles. The van der Waals surface area contributed by atoms with Crippen molar-refractivity contribution in [1.29, 1.82) is 0 Å². The molecule has 0 saturated heterocycles. The van der Waals surface area contributed by atoms with Crippen LogP contribution in [0.5, 0.6) is 0 Å². The zero-order valence-electron chi connectivity index (χ0n) is 12.2. The second-order valence-electron chi connectivity index (χ2n) is 5.00. The van der Waals surface area contributed by atoms with Crippen LogP contribution in [0.1, 0.15) is 11.3 Å². The molecule has 6 heteroatoms. The first kappa shape index (κ1) is 15.8. The largest absolute Gasteiger partial charge is 0.390 e. The Morgan fingerprint density at radius 3 is 2.48 bits per heavy atom. The van der Waals surface area contributed by atoms with Crippen LogP contribution >= 0.6 is 0 Å². The van der Waals surface area contributed by atoms with Crippen LogP contribution in [0.15, 0.2) is 47.5 Å².